The SMILES string of the molecule is COc1ccc(C)cc1NC(=O)c1ccc(C)c(S(N)(=O)=O)c1. The molecule has 23 heavy (non-hydrogen) atoms. The first-order valence-electron chi connectivity index (χ1n) is 6.82. The average Bonchev–Trinajstić information content (AvgIpc) is 2.46. The number of amides is 1. The summed E-state index contributed by atoms with van der Waals surface area (Å²) in [6.07, 6.45) is 0. The van der Waals surface area contributed by atoms with E-state index in [2.05, 4.69) is 5.32 Å². The molecule has 0 saturated carbocycles. The van der Waals surface area contributed by atoms with Crippen LogP contribution < -0.4 is 15.2 Å². The van der Waals surface area contributed by atoms with Crippen molar-refractivity contribution in [2.45, 2.75) is 18.7 Å². The summed E-state index contributed by atoms with van der Waals surface area (Å²) in [5, 5.41) is 7.88. The Balaban J connectivity index is 2.37. The summed E-state index contributed by atoms with van der Waals surface area (Å²) in [6, 6.07) is 9.73. The number of methoxy groups -OCH3 is 1. The Morgan fingerprint density at radius 1 is 1.13 bits per heavy atom. The lowest BCUT2D eigenvalue weighted by atomic mass is 10.1. The maximum Gasteiger partial charge on any atom is 0.255 e. The summed E-state index contributed by atoms with van der Waals surface area (Å²) in [5.74, 6) is 0.0709. The van der Waals surface area contributed by atoms with E-state index in [9.17, 15) is 13.2 Å². The highest BCUT2D eigenvalue weighted by Gasteiger charge is 2.16. The van der Waals surface area contributed by atoms with Crippen LogP contribution in [0.1, 0.15) is 21.5 Å². The van der Waals surface area contributed by atoms with Crippen molar-refractivity contribution in [3.63, 3.8) is 0 Å². The van der Waals surface area contributed by atoms with Gasteiger partial charge in [-0.05, 0) is 49.2 Å². The molecule has 0 unspecified atom stereocenters. The van der Waals surface area contributed by atoms with Crippen LogP contribution >= 0.6 is 0 Å². The van der Waals surface area contributed by atoms with Crippen LogP contribution in [0.3, 0.4) is 0 Å². The molecule has 0 aliphatic heterocycles. The van der Waals surface area contributed by atoms with Crippen LogP contribution in [-0.2, 0) is 10.0 Å². The number of aryl methyl sites for hydroxylation is 2. The number of carbonyl (C=O) groups excluding carboxylic acids is 1. The number of rotatable bonds is 4. The average molecular weight is 334 g/mol. The Morgan fingerprint density at radius 2 is 1.83 bits per heavy atom. The normalized spacial score (nSPS) is 11.1. The van der Waals surface area contributed by atoms with Crippen LogP contribution in [-0.4, -0.2) is 21.4 Å². The minimum atomic E-state index is -3.89. The van der Waals surface area contributed by atoms with Crippen molar-refractivity contribution in [3.05, 3.63) is 53.1 Å². The van der Waals surface area contributed by atoms with Gasteiger partial charge < -0.3 is 10.1 Å². The van der Waals surface area contributed by atoms with Gasteiger partial charge in [0.25, 0.3) is 5.91 Å². The maximum atomic E-state index is 12.4. The van der Waals surface area contributed by atoms with E-state index in [1.54, 1.807) is 31.2 Å². The van der Waals surface area contributed by atoms with Crippen LogP contribution in [0.5, 0.6) is 5.75 Å². The van der Waals surface area contributed by atoms with E-state index in [4.69, 9.17) is 9.88 Å². The lowest BCUT2D eigenvalue weighted by Crippen LogP contribution is -2.17. The molecule has 2 rings (SSSR count). The summed E-state index contributed by atoms with van der Waals surface area (Å²) in [4.78, 5) is 12.3. The Kier molecular flexibility index (Phi) is 4.72. The molecule has 2 aromatic carbocycles. The highest BCUT2D eigenvalue weighted by atomic mass is 32.2. The number of carbonyl (C=O) groups is 1. The lowest BCUT2D eigenvalue weighted by Gasteiger charge is -2.12. The molecular weight excluding hydrogens is 316 g/mol. The number of nitrogens with one attached hydrogen (secondary N) is 1. The number of primary sulfonamides is 1. The zero-order valence-corrected chi connectivity index (χ0v) is 13.9. The highest BCUT2D eigenvalue weighted by molar-refractivity contribution is 7.89. The van der Waals surface area contributed by atoms with Gasteiger partial charge >= 0.3 is 0 Å². The number of benzene rings is 2. The molecule has 2 aromatic rings. The fourth-order valence-corrected chi connectivity index (χ4v) is 2.97. The topological polar surface area (TPSA) is 98.5 Å². The molecular formula is C16H18N2O4S. The minimum absolute atomic E-state index is 0.0682. The standard InChI is InChI=1S/C16H18N2O4S/c1-10-4-7-14(22-3)13(8-10)18-16(19)12-6-5-11(2)15(9-12)23(17,20)21/h4-9H,1-3H3,(H,18,19)(H2,17,20,21). The largest absolute Gasteiger partial charge is 0.495 e. The number of nitrogens with two attached hydrogens (primary N) is 1. The third kappa shape index (κ3) is 3.88. The first-order chi connectivity index (χ1) is 10.7. The summed E-state index contributed by atoms with van der Waals surface area (Å²) in [7, 11) is -2.38. The van der Waals surface area contributed by atoms with Crippen molar-refractivity contribution in [2.24, 2.45) is 5.14 Å². The zero-order valence-electron chi connectivity index (χ0n) is 13.1. The van der Waals surface area contributed by atoms with E-state index in [1.807, 2.05) is 13.0 Å². The lowest BCUT2D eigenvalue weighted by molar-refractivity contribution is 0.102. The fraction of sp³-hybridized carbons (Fsp3) is 0.188. The predicted molar refractivity (Wildman–Crippen MR) is 88.2 cm³/mol. The van der Waals surface area contributed by atoms with Crippen molar-refractivity contribution >= 4 is 21.6 Å². The summed E-state index contributed by atoms with van der Waals surface area (Å²) in [5.41, 5.74) is 2.14. The number of ether oxygens (including phenoxy) is 1. The third-order valence-electron chi connectivity index (χ3n) is 3.36. The van der Waals surface area contributed by atoms with Gasteiger partial charge in [-0.25, -0.2) is 13.6 Å². The van der Waals surface area contributed by atoms with Gasteiger partial charge in [0.2, 0.25) is 10.0 Å². The number of hydrogen-bond donors (Lipinski definition) is 2. The number of sulfonamides is 1. The van der Waals surface area contributed by atoms with E-state index in [0.717, 1.165) is 5.56 Å². The molecule has 0 aliphatic rings. The van der Waals surface area contributed by atoms with Crippen LogP contribution in [0, 0.1) is 13.8 Å². The van der Waals surface area contributed by atoms with Crippen LogP contribution in [0.2, 0.25) is 0 Å². The van der Waals surface area contributed by atoms with Gasteiger partial charge in [-0.15, -0.1) is 0 Å². The molecule has 0 fully saturated rings. The molecule has 122 valence electrons. The fourth-order valence-electron chi connectivity index (χ4n) is 2.16. The molecule has 0 spiro atoms. The van der Waals surface area contributed by atoms with Crippen LogP contribution in [0.25, 0.3) is 0 Å². The quantitative estimate of drug-likeness (QED) is 0.895. The minimum Gasteiger partial charge on any atom is -0.495 e. The molecule has 3 N–H and O–H groups in total. The third-order valence-corrected chi connectivity index (χ3v) is 4.41. The van der Waals surface area contributed by atoms with E-state index >= 15 is 0 Å². The smallest absolute Gasteiger partial charge is 0.255 e. The zero-order chi connectivity index (χ0) is 17.2. The Hall–Kier alpha value is -2.38. The maximum absolute atomic E-state index is 12.4. The van der Waals surface area contributed by atoms with Crippen LogP contribution in [0.4, 0.5) is 5.69 Å². The van der Waals surface area contributed by atoms with E-state index in [1.165, 1.54) is 13.2 Å². The molecule has 0 aliphatic carbocycles. The van der Waals surface area contributed by atoms with Crippen molar-refractivity contribution in [1.29, 1.82) is 0 Å². The monoisotopic (exact) mass is 334 g/mol. The highest BCUT2D eigenvalue weighted by Crippen LogP contribution is 2.26. The Bertz CT molecular complexity index is 860. The van der Waals surface area contributed by atoms with Gasteiger partial charge in [0, 0.05) is 5.56 Å². The Labute approximate surface area is 135 Å². The van der Waals surface area contributed by atoms with E-state index < -0.39 is 15.9 Å². The van der Waals surface area contributed by atoms with Gasteiger partial charge in [0.1, 0.15) is 5.75 Å². The molecule has 6 nitrogen and oxygen atoms in total. The second kappa shape index (κ2) is 6.39. The van der Waals surface area contributed by atoms with Gasteiger partial charge in [-0.1, -0.05) is 12.1 Å². The second-order valence-electron chi connectivity index (χ2n) is 5.18. The van der Waals surface area contributed by atoms with Gasteiger partial charge in [0.15, 0.2) is 0 Å². The molecule has 7 heteroatoms. The van der Waals surface area contributed by atoms with E-state index in [-0.39, 0.29) is 10.5 Å². The summed E-state index contributed by atoms with van der Waals surface area (Å²) in [6.45, 7) is 3.51. The van der Waals surface area contributed by atoms with Crippen molar-refractivity contribution in [2.75, 3.05) is 12.4 Å². The molecule has 0 heterocycles. The van der Waals surface area contributed by atoms with Gasteiger partial charge in [-0.3, -0.25) is 4.79 Å². The first-order valence-corrected chi connectivity index (χ1v) is 8.36. The molecule has 0 radical (unpaired) electrons. The molecule has 0 aromatic heterocycles. The van der Waals surface area contributed by atoms with Crippen molar-refractivity contribution < 1.29 is 17.9 Å². The molecule has 1 amide bonds. The van der Waals surface area contributed by atoms with E-state index in [0.29, 0.717) is 17.0 Å². The van der Waals surface area contributed by atoms with Gasteiger partial charge in [0.05, 0.1) is 17.7 Å². The molecule has 0 bridgehead atoms. The van der Waals surface area contributed by atoms with Gasteiger partial charge in [-0.2, -0.15) is 0 Å². The van der Waals surface area contributed by atoms with Crippen molar-refractivity contribution in [3.8, 4) is 5.75 Å². The predicted octanol–water partition coefficient (Wildman–Crippen LogP) is 2.21. The van der Waals surface area contributed by atoms with Crippen molar-refractivity contribution in [1.82, 2.24) is 0 Å². The summed E-state index contributed by atoms with van der Waals surface area (Å²) < 4.78 is 28.3. The molecule has 0 saturated heterocycles. The Morgan fingerprint density at radius 3 is 2.43 bits per heavy atom. The first kappa shape index (κ1) is 17.0. The second-order valence-corrected chi connectivity index (χ2v) is 6.71. The van der Waals surface area contributed by atoms with Crippen LogP contribution in [0.15, 0.2) is 41.3 Å². The summed E-state index contributed by atoms with van der Waals surface area (Å²) >= 11 is 0. The number of hydrogen-bond acceptors (Lipinski definition) is 4. The molecule has 0 atom stereocenters. The number of anilines is 1.